The first-order valence-corrected chi connectivity index (χ1v) is 9.74. The molecule has 0 spiro atoms. The van der Waals surface area contributed by atoms with Gasteiger partial charge in [0.1, 0.15) is 6.79 Å². The van der Waals surface area contributed by atoms with Crippen LogP contribution in [0.2, 0.25) is 0 Å². The lowest BCUT2D eigenvalue weighted by atomic mass is 10.0. The van der Waals surface area contributed by atoms with Gasteiger partial charge in [-0.2, -0.15) is 5.26 Å². The van der Waals surface area contributed by atoms with Crippen molar-refractivity contribution in [3.05, 3.63) is 59.7 Å². The van der Waals surface area contributed by atoms with Crippen LogP contribution < -0.4 is 5.32 Å². The fourth-order valence-electron chi connectivity index (χ4n) is 2.85. The molecule has 0 aliphatic heterocycles. The average molecular weight is 410 g/mol. The van der Waals surface area contributed by atoms with E-state index in [2.05, 4.69) is 11.4 Å². The van der Waals surface area contributed by atoms with Crippen LogP contribution >= 0.6 is 0 Å². The molecule has 0 aliphatic carbocycles. The quantitative estimate of drug-likeness (QED) is 0.434. The van der Waals surface area contributed by atoms with Crippen LogP contribution in [0, 0.1) is 17.2 Å². The minimum atomic E-state index is -0.925. The monoisotopic (exact) mass is 410 g/mol. The standard InChI is InChI=1S/C23H26N2O5/c1-3-29-15-30-14-21(12-16(2)23(27)28)25-22(26)20-10-8-19(9-11-20)18-6-4-17(13-24)5-7-18/h4-11,16,21H,3,12,14-15H2,1-2H3,(H,25,26)(H,27,28). The van der Waals surface area contributed by atoms with E-state index in [1.54, 1.807) is 31.2 Å². The van der Waals surface area contributed by atoms with Gasteiger partial charge in [-0.3, -0.25) is 9.59 Å². The molecule has 158 valence electrons. The van der Waals surface area contributed by atoms with Gasteiger partial charge < -0.3 is 19.9 Å². The summed E-state index contributed by atoms with van der Waals surface area (Å²) in [6.45, 7) is 4.19. The molecule has 0 radical (unpaired) electrons. The van der Waals surface area contributed by atoms with Gasteiger partial charge in [-0.15, -0.1) is 0 Å². The van der Waals surface area contributed by atoms with Crippen molar-refractivity contribution in [3.63, 3.8) is 0 Å². The number of benzene rings is 2. The molecule has 2 aromatic carbocycles. The zero-order chi connectivity index (χ0) is 21.9. The molecule has 0 fully saturated rings. The summed E-state index contributed by atoms with van der Waals surface area (Å²) in [7, 11) is 0. The second kappa shape index (κ2) is 11.7. The fourth-order valence-corrected chi connectivity index (χ4v) is 2.85. The summed E-state index contributed by atoms with van der Waals surface area (Å²) in [6.07, 6.45) is 0.247. The lowest BCUT2D eigenvalue weighted by Gasteiger charge is -2.21. The second-order valence-electron chi connectivity index (χ2n) is 6.89. The maximum atomic E-state index is 12.6. The van der Waals surface area contributed by atoms with E-state index in [9.17, 15) is 9.59 Å². The predicted molar refractivity (Wildman–Crippen MR) is 112 cm³/mol. The Hall–Kier alpha value is -3.21. The molecule has 7 nitrogen and oxygen atoms in total. The van der Waals surface area contributed by atoms with Crippen molar-refractivity contribution in [3.8, 4) is 17.2 Å². The summed E-state index contributed by atoms with van der Waals surface area (Å²) in [5.41, 5.74) is 2.92. The summed E-state index contributed by atoms with van der Waals surface area (Å²) >= 11 is 0. The Kier molecular flexibility index (Phi) is 9.01. The summed E-state index contributed by atoms with van der Waals surface area (Å²) in [6, 6.07) is 15.9. The van der Waals surface area contributed by atoms with E-state index in [1.165, 1.54) is 0 Å². The smallest absolute Gasteiger partial charge is 0.306 e. The molecule has 2 rings (SSSR count). The second-order valence-corrected chi connectivity index (χ2v) is 6.89. The zero-order valence-corrected chi connectivity index (χ0v) is 17.1. The number of hydrogen-bond donors (Lipinski definition) is 2. The maximum Gasteiger partial charge on any atom is 0.306 e. The van der Waals surface area contributed by atoms with Crippen molar-refractivity contribution in [2.75, 3.05) is 20.0 Å². The Bertz CT molecular complexity index is 872. The highest BCUT2D eigenvalue weighted by atomic mass is 16.7. The Morgan fingerprint density at radius 3 is 2.20 bits per heavy atom. The van der Waals surface area contributed by atoms with Crippen molar-refractivity contribution in [2.24, 2.45) is 5.92 Å². The molecular weight excluding hydrogens is 384 g/mol. The molecule has 2 atom stereocenters. The lowest BCUT2D eigenvalue weighted by Crippen LogP contribution is -2.40. The summed E-state index contributed by atoms with van der Waals surface area (Å²) < 4.78 is 10.5. The maximum absolute atomic E-state index is 12.6. The normalized spacial score (nSPS) is 12.6. The number of amides is 1. The van der Waals surface area contributed by atoms with Crippen molar-refractivity contribution in [1.82, 2.24) is 5.32 Å². The predicted octanol–water partition coefficient (Wildman–Crippen LogP) is 3.45. The molecule has 0 saturated carbocycles. The number of nitrogens with one attached hydrogen (secondary N) is 1. The third kappa shape index (κ3) is 6.99. The number of aliphatic carboxylic acids is 1. The molecule has 2 unspecified atom stereocenters. The minimum absolute atomic E-state index is 0.0869. The fraction of sp³-hybridized carbons (Fsp3) is 0.348. The lowest BCUT2D eigenvalue weighted by molar-refractivity contribution is -0.141. The van der Waals surface area contributed by atoms with Crippen molar-refractivity contribution >= 4 is 11.9 Å². The van der Waals surface area contributed by atoms with Gasteiger partial charge in [0.25, 0.3) is 5.91 Å². The van der Waals surface area contributed by atoms with E-state index in [4.69, 9.17) is 19.8 Å². The van der Waals surface area contributed by atoms with Gasteiger partial charge in [-0.25, -0.2) is 0 Å². The van der Waals surface area contributed by atoms with E-state index in [-0.39, 0.29) is 25.7 Å². The molecule has 0 bridgehead atoms. The molecule has 30 heavy (non-hydrogen) atoms. The molecule has 0 saturated heterocycles. The van der Waals surface area contributed by atoms with Crippen LogP contribution in [0.4, 0.5) is 0 Å². The van der Waals surface area contributed by atoms with E-state index in [1.807, 2.05) is 31.2 Å². The van der Waals surface area contributed by atoms with Crippen LogP contribution in [0.25, 0.3) is 11.1 Å². The highest BCUT2D eigenvalue weighted by molar-refractivity contribution is 5.95. The van der Waals surface area contributed by atoms with Gasteiger partial charge in [-0.1, -0.05) is 31.2 Å². The van der Waals surface area contributed by atoms with Crippen molar-refractivity contribution in [2.45, 2.75) is 26.3 Å². The first-order valence-electron chi connectivity index (χ1n) is 9.74. The third-order valence-electron chi connectivity index (χ3n) is 4.58. The van der Waals surface area contributed by atoms with Gasteiger partial charge in [0.2, 0.25) is 0 Å². The first kappa shape index (κ1) is 23.1. The number of carboxylic acid groups (broad SMARTS) is 1. The van der Waals surface area contributed by atoms with Crippen molar-refractivity contribution < 1.29 is 24.2 Å². The van der Waals surface area contributed by atoms with Crippen LogP contribution in [0.5, 0.6) is 0 Å². The molecule has 2 N–H and O–H groups in total. The molecular formula is C23H26N2O5. The zero-order valence-electron chi connectivity index (χ0n) is 17.1. The number of carbonyl (C=O) groups is 2. The number of hydrogen-bond acceptors (Lipinski definition) is 5. The minimum Gasteiger partial charge on any atom is -0.481 e. The molecule has 7 heteroatoms. The number of carboxylic acids is 1. The largest absolute Gasteiger partial charge is 0.481 e. The van der Waals surface area contributed by atoms with Crippen molar-refractivity contribution in [1.29, 1.82) is 5.26 Å². The average Bonchev–Trinajstić information content (AvgIpc) is 2.76. The number of rotatable bonds is 11. The van der Waals surface area contributed by atoms with Gasteiger partial charge in [0.15, 0.2) is 0 Å². The van der Waals surface area contributed by atoms with E-state index in [0.29, 0.717) is 17.7 Å². The highest BCUT2D eigenvalue weighted by Crippen LogP contribution is 2.20. The SMILES string of the molecule is CCOCOCC(CC(C)C(=O)O)NC(=O)c1ccc(-c2ccc(C#N)cc2)cc1. The molecule has 0 aromatic heterocycles. The number of carbonyl (C=O) groups excluding carboxylic acids is 1. The topological polar surface area (TPSA) is 109 Å². The van der Waals surface area contributed by atoms with Crippen LogP contribution in [0.3, 0.4) is 0 Å². The van der Waals surface area contributed by atoms with Gasteiger partial charge >= 0.3 is 5.97 Å². The summed E-state index contributed by atoms with van der Waals surface area (Å²) in [4.78, 5) is 23.8. The summed E-state index contributed by atoms with van der Waals surface area (Å²) in [5.74, 6) is -1.85. The van der Waals surface area contributed by atoms with Crippen LogP contribution in [-0.2, 0) is 14.3 Å². The van der Waals surface area contributed by atoms with Gasteiger partial charge in [0.05, 0.1) is 30.2 Å². The number of ether oxygens (including phenoxy) is 2. The van der Waals surface area contributed by atoms with E-state index in [0.717, 1.165) is 11.1 Å². The van der Waals surface area contributed by atoms with Crippen LogP contribution in [0.15, 0.2) is 48.5 Å². The van der Waals surface area contributed by atoms with Gasteiger partial charge in [-0.05, 0) is 48.7 Å². The van der Waals surface area contributed by atoms with Crippen LogP contribution in [0.1, 0.15) is 36.2 Å². The number of nitrogens with zero attached hydrogens (tertiary/aromatic N) is 1. The van der Waals surface area contributed by atoms with E-state index >= 15 is 0 Å². The first-order chi connectivity index (χ1) is 14.4. The molecule has 0 heterocycles. The number of nitriles is 1. The molecule has 1 amide bonds. The Morgan fingerprint density at radius 2 is 1.67 bits per heavy atom. The Morgan fingerprint density at radius 1 is 1.07 bits per heavy atom. The van der Waals surface area contributed by atoms with E-state index < -0.39 is 17.9 Å². The Labute approximate surface area is 176 Å². The third-order valence-corrected chi connectivity index (χ3v) is 4.58. The Balaban J connectivity index is 2.03. The molecule has 0 aliphatic rings. The highest BCUT2D eigenvalue weighted by Gasteiger charge is 2.21. The summed E-state index contributed by atoms with van der Waals surface area (Å²) in [5, 5.41) is 20.9. The van der Waals surface area contributed by atoms with Gasteiger partial charge in [0, 0.05) is 12.2 Å². The molecule has 2 aromatic rings. The van der Waals surface area contributed by atoms with Crippen LogP contribution in [-0.4, -0.2) is 43.0 Å².